The van der Waals surface area contributed by atoms with Crippen molar-refractivity contribution in [3.05, 3.63) is 100.0 Å². The molecule has 4 aromatic rings. The van der Waals surface area contributed by atoms with Crippen molar-refractivity contribution >= 4 is 22.4 Å². The molecule has 166 valence electrons. The van der Waals surface area contributed by atoms with Gasteiger partial charge in [0, 0.05) is 37.3 Å². The molecule has 1 amide bonds. The van der Waals surface area contributed by atoms with Crippen molar-refractivity contribution in [3.8, 4) is 5.69 Å². The summed E-state index contributed by atoms with van der Waals surface area (Å²) in [5, 5.41) is 5.64. The van der Waals surface area contributed by atoms with Gasteiger partial charge in [-0.1, -0.05) is 48.5 Å². The lowest BCUT2D eigenvalue weighted by Gasteiger charge is -2.37. The highest BCUT2D eigenvalue weighted by Crippen LogP contribution is 2.25. The summed E-state index contributed by atoms with van der Waals surface area (Å²) in [6, 6.07) is 22.8. The van der Waals surface area contributed by atoms with E-state index in [1.165, 1.54) is 21.5 Å². The van der Waals surface area contributed by atoms with Crippen molar-refractivity contribution < 1.29 is 4.79 Å². The van der Waals surface area contributed by atoms with Gasteiger partial charge in [0.2, 0.25) is 0 Å². The van der Waals surface area contributed by atoms with Crippen LogP contribution in [-0.2, 0) is 0 Å². The van der Waals surface area contributed by atoms with Crippen LogP contribution in [0, 0.1) is 13.8 Å². The van der Waals surface area contributed by atoms with E-state index in [-0.39, 0.29) is 11.5 Å². The fraction of sp³-hybridized carbons (Fsp3) is 0.222. The van der Waals surface area contributed by atoms with Crippen LogP contribution in [0.25, 0.3) is 16.5 Å². The van der Waals surface area contributed by atoms with Gasteiger partial charge in [-0.05, 0) is 49.2 Å². The number of benzene rings is 3. The molecule has 6 nitrogen and oxygen atoms in total. The number of hydrogen-bond donors (Lipinski definition) is 0. The molecule has 0 unspecified atom stereocenters. The second-order valence-corrected chi connectivity index (χ2v) is 8.44. The Hall–Kier alpha value is -3.93. The lowest BCUT2D eigenvalue weighted by Crippen LogP contribution is -2.49. The van der Waals surface area contributed by atoms with Crippen LogP contribution in [0.15, 0.2) is 77.6 Å². The Morgan fingerprint density at radius 2 is 1.45 bits per heavy atom. The number of nitrogens with zero attached hydrogens (tertiary/aromatic N) is 4. The van der Waals surface area contributed by atoms with Crippen molar-refractivity contribution in [3.63, 3.8) is 0 Å². The highest BCUT2D eigenvalue weighted by Gasteiger charge is 2.26. The molecule has 1 aliphatic rings. The number of aromatic nitrogens is 2. The number of anilines is 1. The molecule has 2 heterocycles. The Bertz CT molecular complexity index is 1390. The first-order valence-corrected chi connectivity index (χ1v) is 11.2. The van der Waals surface area contributed by atoms with Crippen LogP contribution < -0.4 is 10.5 Å². The Kier molecular flexibility index (Phi) is 5.42. The second kappa shape index (κ2) is 8.54. The third-order valence-corrected chi connectivity index (χ3v) is 6.49. The van der Waals surface area contributed by atoms with Crippen LogP contribution in [0.1, 0.15) is 21.6 Å². The van der Waals surface area contributed by atoms with E-state index in [2.05, 4.69) is 42.0 Å². The minimum absolute atomic E-state index is 0.142. The van der Waals surface area contributed by atoms with Crippen LogP contribution in [0.5, 0.6) is 0 Å². The molecule has 0 aliphatic carbocycles. The van der Waals surface area contributed by atoms with Gasteiger partial charge < -0.3 is 9.80 Å². The lowest BCUT2D eigenvalue weighted by molar-refractivity contribution is 0.0741. The number of aryl methyl sites for hydroxylation is 1. The van der Waals surface area contributed by atoms with Gasteiger partial charge in [-0.25, -0.2) is 0 Å². The van der Waals surface area contributed by atoms with Crippen molar-refractivity contribution in [2.24, 2.45) is 0 Å². The summed E-state index contributed by atoms with van der Waals surface area (Å²) in [6.07, 6.45) is 0. The maximum absolute atomic E-state index is 13.6. The summed E-state index contributed by atoms with van der Waals surface area (Å²) >= 11 is 0. The average Bonchev–Trinajstić information content (AvgIpc) is 2.86. The minimum Gasteiger partial charge on any atom is -0.368 e. The average molecular weight is 439 g/mol. The summed E-state index contributed by atoms with van der Waals surface area (Å²) in [5.41, 5.74) is 4.50. The van der Waals surface area contributed by atoms with Gasteiger partial charge in [0.15, 0.2) is 5.69 Å². The van der Waals surface area contributed by atoms with Crippen LogP contribution in [-0.4, -0.2) is 46.8 Å². The molecule has 0 spiro atoms. The number of carbonyl (C=O) groups excluding carboxylic acids is 1. The zero-order chi connectivity index (χ0) is 22.9. The van der Waals surface area contributed by atoms with Gasteiger partial charge >= 0.3 is 0 Å². The molecule has 5 rings (SSSR count). The predicted molar refractivity (Wildman–Crippen MR) is 131 cm³/mol. The number of piperazine rings is 1. The van der Waals surface area contributed by atoms with E-state index >= 15 is 0 Å². The van der Waals surface area contributed by atoms with E-state index in [0.717, 1.165) is 13.1 Å². The zero-order valence-corrected chi connectivity index (χ0v) is 18.9. The molecule has 6 heteroatoms. The number of fused-ring (bicyclic) bond motifs is 1. The normalized spacial score (nSPS) is 14.0. The smallest absolute Gasteiger partial charge is 0.279 e. The maximum Gasteiger partial charge on any atom is 0.279 e. The second-order valence-electron chi connectivity index (χ2n) is 8.44. The highest BCUT2D eigenvalue weighted by molar-refractivity contribution is 6.05. The Morgan fingerprint density at radius 1 is 0.788 bits per heavy atom. The Morgan fingerprint density at radius 3 is 2.18 bits per heavy atom. The first-order valence-electron chi connectivity index (χ1n) is 11.2. The number of para-hydroxylation sites is 1. The van der Waals surface area contributed by atoms with Crippen LogP contribution in [0.4, 0.5) is 5.69 Å². The molecule has 3 aromatic carbocycles. The molecule has 0 atom stereocenters. The van der Waals surface area contributed by atoms with E-state index in [1.807, 2.05) is 47.4 Å². The van der Waals surface area contributed by atoms with E-state index in [1.54, 1.807) is 12.1 Å². The number of carbonyl (C=O) groups is 1. The fourth-order valence-electron chi connectivity index (χ4n) is 4.47. The quantitative estimate of drug-likeness (QED) is 0.486. The standard InChI is InChI=1S/C27H26N4O2/c1-19-9-8-14-24(20(19)2)29-15-17-30(18-16-29)27(33)25-22-12-6-7-13-23(22)26(32)31(28-25)21-10-4-3-5-11-21/h3-14H,15-18H2,1-2H3. The first-order chi connectivity index (χ1) is 16.0. The van der Waals surface area contributed by atoms with Crippen LogP contribution in [0.2, 0.25) is 0 Å². The highest BCUT2D eigenvalue weighted by atomic mass is 16.2. The SMILES string of the molecule is Cc1cccc(N2CCN(C(=O)c3nn(-c4ccccc4)c(=O)c4ccccc34)CC2)c1C. The van der Waals surface area contributed by atoms with Crippen LogP contribution in [0.3, 0.4) is 0 Å². The predicted octanol–water partition coefficient (Wildman–Crippen LogP) is 3.96. The van der Waals surface area contributed by atoms with Gasteiger partial charge in [0.1, 0.15) is 0 Å². The molecule has 0 N–H and O–H groups in total. The summed E-state index contributed by atoms with van der Waals surface area (Å²) in [4.78, 5) is 30.9. The Balaban J connectivity index is 1.47. The molecule has 0 bridgehead atoms. The fourth-order valence-corrected chi connectivity index (χ4v) is 4.47. The third-order valence-electron chi connectivity index (χ3n) is 6.49. The number of hydrogen-bond acceptors (Lipinski definition) is 4. The van der Waals surface area contributed by atoms with Gasteiger partial charge in [-0.3, -0.25) is 9.59 Å². The molecule has 0 radical (unpaired) electrons. The topological polar surface area (TPSA) is 58.4 Å². The third kappa shape index (κ3) is 3.78. The van der Waals surface area contributed by atoms with Crippen molar-refractivity contribution in [2.75, 3.05) is 31.1 Å². The molecule has 1 aliphatic heterocycles. The largest absolute Gasteiger partial charge is 0.368 e. The molecule has 0 saturated carbocycles. The molecule has 1 aromatic heterocycles. The van der Waals surface area contributed by atoms with E-state index in [0.29, 0.717) is 35.2 Å². The van der Waals surface area contributed by atoms with E-state index < -0.39 is 0 Å². The van der Waals surface area contributed by atoms with E-state index in [9.17, 15) is 9.59 Å². The summed E-state index contributed by atoms with van der Waals surface area (Å²) in [7, 11) is 0. The molecule has 33 heavy (non-hydrogen) atoms. The molecule has 1 saturated heterocycles. The monoisotopic (exact) mass is 438 g/mol. The van der Waals surface area contributed by atoms with Gasteiger partial charge in [0.25, 0.3) is 11.5 Å². The maximum atomic E-state index is 13.6. The lowest BCUT2D eigenvalue weighted by atomic mass is 10.1. The van der Waals surface area contributed by atoms with Gasteiger partial charge in [-0.15, -0.1) is 0 Å². The van der Waals surface area contributed by atoms with E-state index in [4.69, 9.17) is 0 Å². The molecular weight excluding hydrogens is 412 g/mol. The summed E-state index contributed by atoms with van der Waals surface area (Å²) in [5.74, 6) is -0.142. The summed E-state index contributed by atoms with van der Waals surface area (Å²) in [6.45, 7) is 6.99. The summed E-state index contributed by atoms with van der Waals surface area (Å²) < 4.78 is 1.34. The van der Waals surface area contributed by atoms with Gasteiger partial charge in [0.05, 0.1) is 11.1 Å². The minimum atomic E-state index is -0.229. The van der Waals surface area contributed by atoms with Crippen molar-refractivity contribution in [1.29, 1.82) is 0 Å². The first kappa shape index (κ1) is 20.9. The zero-order valence-electron chi connectivity index (χ0n) is 18.9. The number of rotatable bonds is 3. The van der Waals surface area contributed by atoms with Gasteiger partial charge in [-0.2, -0.15) is 9.78 Å². The van der Waals surface area contributed by atoms with Crippen LogP contribution >= 0.6 is 0 Å². The Labute approximate surface area is 192 Å². The number of amides is 1. The van der Waals surface area contributed by atoms with Crippen molar-refractivity contribution in [2.45, 2.75) is 13.8 Å². The molecule has 1 fully saturated rings. The molecular formula is C27H26N4O2. The van der Waals surface area contributed by atoms with Crippen molar-refractivity contribution in [1.82, 2.24) is 14.7 Å².